The van der Waals surface area contributed by atoms with E-state index >= 15 is 0 Å². The second kappa shape index (κ2) is 6.05. The van der Waals surface area contributed by atoms with E-state index in [4.69, 9.17) is 10.2 Å². The average Bonchev–Trinajstić information content (AvgIpc) is 3.13. The molecule has 2 aromatic rings. The number of nitrogens with zero attached hydrogens (tertiary/aromatic N) is 2. The van der Waals surface area contributed by atoms with Crippen molar-refractivity contribution in [3.8, 4) is 0 Å². The first kappa shape index (κ1) is 14.4. The number of primary amides is 1. The Labute approximate surface area is 127 Å². The molecule has 1 aromatic heterocycles. The Bertz CT molecular complexity index is 664. The van der Waals surface area contributed by atoms with Gasteiger partial charge in [0.2, 0.25) is 5.91 Å². The lowest BCUT2D eigenvalue weighted by molar-refractivity contribution is -0.124. The van der Waals surface area contributed by atoms with Gasteiger partial charge in [-0.15, -0.1) is 0 Å². The molecule has 0 bridgehead atoms. The first-order valence-electron chi connectivity index (χ1n) is 7.33. The number of urea groups is 1. The van der Waals surface area contributed by atoms with Crippen molar-refractivity contribution >= 4 is 23.0 Å². The number of nitrogens with two attached hydrogens (primary N) is 1. The van der Waals surface area contributed by atoms with Crippen LogP contribution in [0.1, 0.15) is 18.7 Å². The van der Waals surface area contributed by atoms with Crippen LogP contribution in [-0.2, 0) is 11.2 Å². The van der Waals surface area contributed by atoms with Crippen LogP contribution in [-0.4, -0.2) is 41.0 Å². The molecule has 1 fully saturated rings. The number of fused-ring (bicyclic) bond motifs is 1. The molecule has 0 saturated carbocycles. The zero-order valence-electron chi connectivity index (χ0n) is 12.1. The molecule has 3 rings (SSSR count). The topological polar surface area (TPSA) is 101 Å². The van der Waals surface area contributed by atoms with E-state index < -0.39 is 12.1 Å². The second-order valence-electron chi connectivity index (χ2n) is 5.31. The van der Waals surface area contributed by atoms with E-state index in [0.29, 0.717) is 31.8 Å². The van der Waals surface area contributed by atoms with Crippen LogP contribution >= 0.6 is 0 Å². The van der Waals surface area contributed by atoms with Crippen molar-refractivity contribution in [3.63, 3.8) is 0 Å². The van der Waals surface area contributed by atoms with Crippen LogP contribution in [0.4, 0.5) is 4.79 Å². The molecule has 0 unspecified atom stereocenters. The van der Waals surface area contributed by atoms with Crippen molar-refractivity contribution in [2.45, 2.75) is 25.3 Å². The largest absolute Gasteiger partial charge is 0.441 e. The molecule has 0 spiro atoms. The quantitative estimate of drug-likeness (QED) is 0.880. The van der Waals surface area contributed by atoms with Gasteiger partial charge in [-0.25, -0.2) is 9.78 Å². The number of rotatable bonds is 4. The summed E-state index contributed by atoms with van der Waals surface area (Å²) in [4.78, 5) is 29.1. The molecular weight excluding hydrogens is 284 g/mol. The third kappa shape index (κ3) is 2.88. The van der Waals surface area contributed by atoms with E-state index in [1.807, 2.05) is 24.3 Å². The molecule has 1 saturated heterocycles. The Morgan fingerprint density at radius 2 is 2.23 bits per heavy atom. The molecule has 3 amide bonds. The Balaban J connectivity index is 1.54. The predicted octanol–water partition coefficient (Wildman–Crippen LogP) is 1.03. The van der Waals surface area contributed by atoms with Gasteiger partial charge in [-0.1, -0.05) is 12.1 Å². The molecule has 7 heteroatoms. The molecule has 1 atom stereocenters. The number of carbonyl (C=O) groups is 2. The highest BCUT2D eigenvalue weighted by Gasteiger charge is 2.32. The monoisotopic (exact) mass is 302 g/mol. The van der Waals surface area contributed by atoms with Crippen molar-refractivity contribution in [3.05, 3.63) is 30.2 Å². The number of amides is 3. The molecule has 116 valence electrons. The fourth-order valence-electron chi connectivity index (χ4n) is 2.74. The van der Waals surface area contributed by atoms with Crippen molar-refractivity contribution in [2.24, 2.45) is 5.73 Å². The fourth-order valence-corrected chi connectivity index (χ4v) is 2.74. The number of nitrogens with one attached hydrogen (secondary N) is 1. The van der Waals surface area contributed by atoms with Gasteiger partial charge in [-0.3, -0.25) is 4.79 Å². The van der Waals surface area contributed by atoms with Crippen molar-refractivity contribution in [1.82, 2.24) is 15.2 Å². The number of hydrogen-bond donors (Lipinski definition) is 2. The van der Waals surface area contributed by atoms with Gasteiger partial charge in [0.15, 0.2) is 11.5 Å². The van der Waals surface area contributed by atoms with E-state index in [1.54, 1.807) is 0 Å². The predicted molar refractivity (Wildman–Crippen MR) is 80.0 cm³/mol. The number of para-hydroxylation sites is 2. The SMILES string of the molecule is NC(=O)N1CCC[C@H]1C(=O)NCCc1nc2ccccc2o1. The van der Waals surface area contributed by atoms with Gasteiger partial charge in [0.1, 0.15) is 11.6 Å². The van der Waals surface area contributed by atoms with Gasteiger partial charge < -0.3 is 20.4 Å². The summed E-state index contributed by atoms with van der Waals surface area (Å²) >= 11 is 0. The first-order chi connectivity index (χ1) is 10.6. The Kier molecular flexibility index (Phi) is 3.95. The Morgan fingerprint density at radius 1 is 1.41 bits per heavy atom. The van der Waals surface area contributed by atoms with Crippen LogP contribution in [0.2, 0.25) is 0 Å². The summed E-state index contributed by atoms with van der Waals surface area (Å²) in [5, 5.41) is 2.81. The molecule has 1 aliphatic rings. The molecule has 1 aliphatic heterocycles. The molecule has 1 aromatic carbocycles. The van der Waals surface area contributed by atoms with E-state index in [2.05, 4.69) is 10.3 Å². The zero-order chi connectivity index (χ0) is 15.5. The molecular formula is C15H18N4O3. The maximum Gasteiger partial charge on any atom is 0.315 e. The van der Waals surface area contributed by atoms with Gasteiger partial charge in [0.05, 0.1) is 0 Å². The maximum atomic E-state index is 12.1. The highest BCUT2D eigenvalue weighted by atomic mass is 16.3. The van der Waals surface area contributed by atoms with E-state index in [9.17, 15) is 9.59 Å². The Hall–Kier alpha value is -2.57. The lowest BCUT2D eigenvalue weighted by Crippen LogP contribution is -2.48. The normalized spacial score (nSPS) is 17.8. The molecule has 0 radical (unpaired) electrons. The zero-order valence-corrected chi connectivity index (χ0v) is 12.1. The second-order valence-corrected chi connectivity index (χ2v) is 5.31. The summed E-state index contributed by atoms with van der Waals surface area (Å²) in [7, 11) is 0. The standard InChI is InChI=1S/C15H18N4O3/c16-15(21)19-9-3-5-11(19)14(20)17-8-7-13-18-10-4-1-2-6-12(10)22-13/h1-2,4,6,11H,3,5,7-9H2,(H2,16,21)(H,17,20)/t11-/m0/s1. The smallest absolute Gasteiger partial charge is 0.315 e. The lowest BCUT2D eigenvalue weighted by Gasteiger charge is -2.21. The van der Waals surface area contributed by atoms with Crippen LogP contribution in [0.25, 0.3) is 11.1 Å². The van der Waals surface area contributed by atoms with Gasteiger partial charge in [-0.05, 0) is 25.0 Å². The van der Waals surface area contributed by atoms with Crippen molar-refractivity contribution in [2.75, 3.05) is 13.1 Å². The van der Waals surface area contributed by atoms with Crippen LogP contribution in [0.5, 0.6) is 0 Å². The number of likely N-dealkylation sites (tertiary alicyclic amines) is 1. The molecule has 7 nitrogen and oxygen atoms in total. The summed E-state index contributed by atoms with van der Waals surface area (Å²) in [5.41, 5.74) is 6.81. The van der Waals surface area contributed by atoms with E-state index in [1.165, 1.54) is 4.90 Å². The van der Waals surface area contributed by atoms with Gasteiger partial charge in [-0.2, -0.15) is 0 Å². The van der Waals surface area contributed by atoms with Crippen LogP contribution in [0, 0.1) is 0 Å². The number of hydrogen-bond acceptors (Lipinski definition) is 4. The highest BCUT2D eigenvalue weighted by Crippen LogP contribution is 2.17. The minimum atomic E-state index is -0.545. The van der Waals surface area contributed by atoms with Crippen LogP contribution < -0.4 is 11.1 Å². The lowest BCUT2D eigenvalue weighted by atomic mass is 10.2. The van der Waals surface area contributed by atoms with E-state index in [0.717, 1.165) is 17.5 Å². The third-order valence-electron chi connectivity index (χ3n) is 3.81. The number of oxazole rings is 1. The number of aromatic nitrogens is 1. The average molecular weight is 302 g/mol. The number of benzene rings is 1. The van der Waals surface area contributed by atoms with Crippen molar-refractivity contribution in [1.29, 1.82) is 0 Å². The van der Waals surface area contributed by atoms with Crippen LogP contribution in [0.3, 0.4) is 0 Å². The summed E-state index contributed by atoms with van der Waals surface area (Å²) < 4.78 is 5.59. The van der Waals surface area contributed by atoms with Gasteiger partial charge in [0.25, 0.3) is 0 Å². The molecule has 22 heavy (non-hydrogen) atoms. The van der Waals surface area contributed by atoms with Gasteiger partial charge in [0, 0.05) is 19.5 Å². The number of carbonyl (C=O) groups excluding carboxylic acids is 2. The summed E-state index contributed by atoms with van der Waals surface area (Å²) in [5.74, 6) is 0.409. The molecule has 0 aliphatic carbocycles. The molecule has 3 N–H and O–H groups in total. The van der Waals surface area contributed by atoms with Crippen molar-refractivity contribution < 1.29 is 14.0 Å². The summed E-state index contributed by atoms with van der Waals surface area (Å²) in [6.07, 6.45) is 1.95. The molecule has 2 heterocycles. The highest BCUT2D eigenvalue weighted by molar-refractivity contribution is 5.87. The Morgan fingerprint density at radius 3 is 3.00 bits per heavy atom. The summed E-state index contributed by atoms with van der Waals surface area (Å²) in [6.45, 7) is 0.952. The maximum absolute atomic E-state index is 12.1. The van der Waals surface area contributed by atoms with Gasteiger partial charge >= 0.3 is 6.03 Å². The minimum absolute atomic E-state index is 0.174. The van der Waals surface area contributed by atoms with Crippen LogP contribution in [0.15, 0.2) is 28.7 Å². The first-order valence-corrected chi connectivity index (χ1v) is 7.33. The van der Waals surface area contributed by atoms with E-state index in [-0.39, 0.29) is 5.91 Å². The minimum Gasteiger partial charge on any atom is -0.441 e. The third-order valence-corrected chi connectivity index (χ3v) is 3.81. The summed E-state index contributed by atoms with van der Waals surface area (Å²) in [6, 6.07) is 6.52. The fraction of sp³-hybridized carbons (Fsp3) is 0.400.